The van der Waals surface area contributed by atoms with E-state index in [2.05, 4.69) is 5.32 Å². The predicted molar refractivity (Wildman–Crippen MR) is 58.7 cm³/mol. The van der Waals surface area contributed by atoms with Gasteiger partial charge in [0, 0.05) is 13.1 Å². The lowest BCUT2D eigenvalue weighted by molar-refractivity contribution is 0.0726. The third-order valence-corrected chi connectivity index (χ3v) is 2.40. The van der Waals surface area contributed by atoms with Crippen molar-refractivity contribution in [3.8, 4) is 0 Å². The molecule has 0 saturated carbocycles. The lowest BCUT2D eigenvalue weighted by Gasteiger charge is -2.26. The Kier molecular flexibility index (Phi) is 6.11. The maximum atomic E-state index is 11.2. The van der Waals surface area contributed by atoms with Crippen LogP contribution in [0.25, 0.3) is 0 Å². The van der Waals surface area contributed by atoms with Gasteiger partial charge in [-0.2, -0.15) is 0 Å². The molecule has 0 unspecified atom stereocenters. The quantitative estimate of drug-likeness (QED) is 0.594. The Morgan fingerprint density at radius 2 is 2.20 bits per heavy atom. The largest absolute Gasteiger partial charge is 0.449 e. The first-order valence-corrected chi connectivity index (χ1v) is 5.67. The SMILES string of the molecule is NCCCNCCCN1CCCOC1=O. The van der Waals surface area contributed by atoms with Crippen LogP contribution in [0.1, 0.15) is 19.3 Å². The highest BCUT2D eigenvalue weighted by molar-refractivity contribution is 5.68. The summed E-state index contributed by atoms with van der Waals surface area (Å²) in [6, 6.07) is 0. The standard InChI is InChI=1S/C10H21N3O2/c11-4-1-5-12-6-2-7-13-8-3-9-15-10(13)14/h12H,1-9,11H2. The zero-order valence-electron chi connectivity index (χ0n) is 9.21. The van der Waals surface area contributed by atoms with Crippen molar-refractivity contribution in [3.63, 3.8) is 0 Å². The van der Waals surface area contributed by atoms with Crippen molar-refractivity contribution >= 4 is 6.09 Å². The first-order chi connectivity index (χ1) is 7.34. The fraction of sp³-hybridized carbons (Fsp3) is 0.900. The van der Waals surface area contributed by atoms with Crippen LogP contribution in [0.5, 0.6) is 0 Å². The topological polar surface area (TPSA) is 67.6 Å². The van der Waals surface area contributed by atoms with E-state index < -0.39 is 0 Å². The first kappa shape index (κ1) is 12.3. The minimum absolute atomic E-state index is 0.164. The van der Waals surface area contributed by atoms with Crippen molar-refractivity contribution in [2.75, 3.05) is 39.3 Å². The molecule has 3 N–H and O–H groups in total. The zero-order valence-corrected chi connectivity index (χ0v) is 9.21. The van der Waals surface area contributed by atoms with Gasteiger partial charge in [0.05, 0.1) is 6.61 Å². The van der Waals surface area contributed by atoms with Crippen LogP contribution in [0.3, 0.4) is 0 Å². The molecular formula is C10H21N3O2. The average Bonchev–Trinajstić information content (AvgIpc) is 2.25. The van der Waals surface area contributed by atoms with Crippen molar-refractivity contribution in [3.05, 3.63) is 0 Å². The van der Waals surface area contributed by atoms with E-state index in [0.29, 0.717) is 6.61 Å². The highest BCUT2D eigenvalue weighted by Crippen LogP contribution is 2.04. The fourth-order valence-corrected chi connectivity index (χ4v) is 1.55. The third-order valence-electron chi connectivity index (χ3n) is 2.40. The van der Waals surface area contributed by atoms with E-state index in [-0.39, 0.29) is 6.09 Å². The van der Waals surface area contributed by atoms with E-state index in [1.54, 1.807) is 4.90 Å². The molecule has 1 rings (SSSR count). The number of rotatable bonds is 7. The molecule has 5 heteroatoms. The highest BCUT2D eigenvalue weighted by atomic mass is 16.6. The van der Waals surface area contributed by atoms with Crippen LogP contribution in [0.2, 0.25) is 0 Å². The molecule has 0 bridgehead atoms. The number of nitrogens with two attached hydrogens (primary N) is 1. The first-order valence-electron chi connectivity index (χ1n) is 5.67. The van der Waals surface area contributed by atoms with E-state index in [1.165, 1.54) is 0 Å². The highest BCUT2D eigenvalue weighted by Gasteiger charge is 2.18. The van der Waals surface area contributed by atoms with Crippen LogP contribution in [0.15, 0.2) is 0 Å². The molecular weight excluding hydrogens is 194 g/mol. The number of carbonyl (C=O) groups is 1. The number of hydrogen-bond donors (Lipinski definition) is 2. The van der Waals surface area contributed by atoms with Crippen molar-refractivity contribution in [1.29, 1.82) is 0 Å². The summed E-state index contributed by atoms with van der Waals surface area (Å²) in [6.45, 7) is 4.82. The van der Waals surface area contributed by atoms with E-state index in [9.17, 15) is 4.79 Å². The number of amides is 1. The van der Waals surface area contributed by atoms with Crippen molar-refractivity contribution in [2.45, 2.75) is 19.3 Å². The molecule has 88 valence electrons. The van der Waals surface area contributed by atoms with Gasteiger partial charge in [0.2, 0.25) is 0 Å². The maximum Gasteiger partial charge on any atom is 0.409 e. The molecule has 5 nitrogen and oxygen atoms in total. The number of nitrogens with one attached hydrogen (secondary N) is 1. The minimum atomic E-state index is -0.164. The molecule has 1 fully saturated rings. The Hall–Kier alpha value is -0.810. The summed E-state index contributed by atoms with van der Waals surface area (Å²) in [4.78, 5) is 13.0. The summed E-state index contributed by atoms with van der Waals surface area (Å²) in [6.07, 6.45) is 2.76. The molecule has 0 aromatic heterocycles. The summed E-state index contributed by atoms with van der Waals surface area (Å²) in [5, 5.41) is 3.28. The molecule has 1 aliphatic heterocycles. The molecule has 0 aromatic carbocycles. The van der Waals surface area contributed by atoms with Gasteiger partial charge in [0.25, 0.3) is 0 Å². The molecule has 1 aliphatic rings. The van der Waals surface area contributed by atoms with Gasteiger partial charge in [0.1, 0.15) is 0 Å². The second-order valence-electron chi connectivity index (χ2n) is 3.70. The Balaban J connectivity index is 1.96. The molecule has 0 aromatic rings. The monoisotopic (exact) mass is 215 g/mol. The molecule has 0 spiro atoms. The number of carbonyl (C=O) groups excluding carboxylic acids is 1. The minimum Gasteiger partial charge on any atom is -0.449 e. The smallest absolute Gasteiger partial charge is 0.409 e. The van der Waals surface area contributed by atoms with E-state index in [0.717, 1.165) is 52.0 Å². The molecule has 0 radical (unpaired) electrons. The van der Waals surface area contributed by atoms with Crippen molar-refractivity contribution < 1.29 is 9.53 Å². The molecule has 1 saturated heterocycles. The van der Waals surface area contributed by atoms with E-state index in [4.69, 9.17) is 10.5 Å². The van der Waals surface area contributed by atoms with Gasteiger partial charge in [-0.1, -0.05) is 0 Å². The van der Waals surface area contributed by atoms with Crippen LogP contribution >= 0.6 is 0 Å². The Morgan fingerprint density at radius 1 is 1.40 bits per heavy atom. The van der Waals surface area contributed by atoms with Gasteiger partial charge in [0.15, 0.2) is 0 Å². The normalized spacial score (nSPS) is 16.6. The van der Waals surface area contributed by atoms with Crippen molar-refractivity contribution in [2.24, 2.45) is 5.73 Å². The van der Waals surface area contributed by atoms with Gasteiger partial charge in [-0.15, -0.1) is 0 Å². The van der Waals surface area contributed by atoms with Gasteiger partial charge < -0.3 is 20.7 Å². The summed E-state index contributed by atoms with van der Waals surface area (Å²) in [5.74, 6) is 0. The van der Waals surface area contributed by atoms with Gasteiger partial charge in [-0.3, -0.25) is 0 Å². The lowest BCUT2D eigenvalue weighted by atomic mass is 10.3. The second-order valence-corrected chi connectivity index (χ2v) is 3.70. The van der Waals surface area contributed by atoms with E-state index >= 15 is 0 Å². The number of nitrogens with zero attached hydrogens (tertiary/aromatic N) is 1. The summed E-state index contributed by atoms with van der Waals surface area (Å²) >= 11 is 0. The van der Waals surface area contributed by atoms with Crippen LogP contribution in [0, 0.1) is 0 Å². The molecule has 1 heterocycles. The molecule has 15 heavy (non-hydrogen) atoms. The average molecular weight is 215 g/mol. The zero-order chi connectivity index (χ0) is 10.9. The van der Waals surface area contributed by atoms with Crippen LogP contribution < -0.4 is 11.1 Å². The Bertz CT molecular complexity index is 188. The Labute approximate surface area is 90.9 Å². The summed E-state index contributed by atoms with van der Waals surface area (Å²) < 4.78 is 4.94. The van der Waals surface area contributed by atoms with Crippen LogP contribution in [-0.2, 0) is 4.74 Å². The van der Waals surface area contributed by atoms with Crippen LogP contribution in [-0.4, -0.2) is 50.3 Å². The number of ether oxygens (including phenoxy) is 1. The molecule has 0 aliphatic carbocycles. The molecule has 1 amide bonds. The Morgan fingerprint density at radius 3 is 2.93 bits per heavy atom. The number of cyclic esters (lactones) is 1. The maximum absolute atomic E-state index is 11.2. The summed E-state index contributed by atoms with van der Waals surface area (Å²) in [7, 11) is 0. The summed E-state index contributed by atoms with van der Waals surface area (Å²) in [5.41, 5.74) is 5.37. The van der Waals surface area contributed by atoms with E-state index in [1.807, 2.05) is 0 Å². The van der Waals surface area contributed by atoms with Crippen LogP contribution in [0.4, 0.5) is 4.79 Å². The fourth-order valence-electron chi connectivity index (χ4n) is 1.55. The van der Waals surface area contributed by atoms with Gasteiger partial charge >= 0.3 is 6.09 Å². The molecule has 0 atom stereocenters. The number of hydrogen-bond acceptors (Lipinski definition) is 4. The van der Waals surface area contributed by atoms with Crippen molar-refractivity contribution in [1.82, 2.24) is 10.2 Å². The third kappa shape index (κ3) is 4.99. The predicted octanol–water partition coefficient (Wildman–Crippen LogP) is 0.157. The lowest BCUT2D eigenvalue weighted by Crippen LogP contribution is -2.39. The second kappa shape index (κ2) is 7.48. The van der Waals surface area contributed by atoms with Gasteiger partial charge in [-0.05, 0) is 38.9 Å². The van der Waals surface area contributed by atoms with Gasteiger partial charge in [-0.25, -0.2) is 4.79 Å².